The maximum Gasteiger partial charge on any atom is 0.325 e. The SMILES string of the molecule is CCOc1cccc2c1OC1(C)CC2NC(=O)N1c1cccc(C(=O)NCCc2ccc(C)cc2)c1. The number of ether oxygens (including phenoxy) is 2. The molecular formula is C29H31N3O4. The number of amides is 3. The molecule has 5 rings (SSSR count). The number of hydrogen-bond donors (Lipinski definition) is 2. The Hall–Kier alpha value is -4.00. The second-order valence-electron chi connectivity index (χ2n) is 9.47. The highest BCUT2D eigenvalue weighted by atomic mass is 16.5. The summed E-state index contributed by atoms with van der Waals surface area (Å²) in [6.07, 6.45) is 1.31. The van der Waals surface area contributed by atoms with E-state index >= 15 is 0 Å². The number of benzene rings is 3. The second kappa shape index (κ2) is 9.57. The number of nitrogens with one attached hydrogen (secondary N) is 2. The Kier molecular flexibility index (Phi) is 6.31. The van der Waals surface area contributed by atoms with Gasteiger partial charge in [0, 0.05) is 24.1 Å². The molecule has 0 aliphatic carbocycles. The van der Waals surface area contributed by atoms with Crippen LogP contribution in [0.3, 0.4) is 0 Å². The van der Waals surface area contributed by atoms with Crippen molar-refractivity contribution in [2.75, 3.05) is 18.1 Å². The van der Waals surface area contributed by atoms with Crippen molar-refractivity contribution in [3.8, 4) is 11.5 Å². The van der Waals surface area contributed by atoms with Crippen LogP contribution in [0.15, 0.2) is 66.7 Å². The van der Waals surface area contributed by atoms with E-state index < -0.39 is 5.72 Å². The fourth-order valence-electron chi connectivity index (χ4n) is 4.98. The van der Waals surface area contributed by atoms with Crippen molar-refractivity contribution in [2.45, 2.75) is 45.4 Å². The van der Waals surface area contributed by atoms with Crippen LogP contribution in [0.1, 0.15) is 53.4 Å². The van der Waals surface area contributed by atoms with E-state index in [9.17, 15) is 9.59 Å². The van der Waals surface area contributed by atoms with Gasteiger partial charge in [0.1, 0.15) is 0 Å². The molecular weight excluding hydrogens is 454 g/mol. The topological polar surface area (TPSA) is 79.9 Å². The Labute approximate surface area is 211 Å². The fraction of sp³-hybridized carbons (Fsp3) is 0.310. The van der Waals surface area contributed by atoms with E-state index in [1.54, 1.807) is 23.1 Å². The highest BCUT2D eigenvalue weighted by molar-refractivity contribution is 5.99. The molecule has 2 bridgehead atoms. The predicted octanol–water partition coefficient (Wildman–Crippen LogP) is 5.14. The van der Waals surface area contributed by atoms with E-state index in [2.05, 4.69) is 41.8 Å². The molecule has 36 heavy (non-hydrogen) atoms. The van der Waals surface area contributed by atoms with Gasteiger partial charge in [-0.25, -0.2) is 4.79 Å². The molecule has 1 saturated heterocycles. The maximum absolute atomic E-state index is 13.3. The van der Waals surface area contributed by atoms with Gasteiger partial charge >= 0.3 is 6.03 Å². The zero-order valence-corrected chi connectivity index (χ0v) is 20.8. The van der Waals surface area contributed by atoms with Crippen LogP contribution >= 0.6 is 0 Å². The fourth-order valence-corrected chi connectivity index (χ4v) is 4.98. The van der Waals surface area contributed by atoms with Gasteiger partial charge in [-0.1, -0.05) is 48.0 Å². The van der Waals surface area contributed by atoms with E-state index in [4.69, 9.17) is 9.47 Å². The minimum atomic E-state index is -0.937. The molecule has 0 spiro atoms. The van der Waals surface area contributed by atoms with Crippen LogP contribution in [0.2, 0.25) is 0 Å². The summed E-state index contributed by atoms with van der Waals surface area (Å²) < 4.78 is 12.3. The summed E-state index contributed by atoms with van der Waals surface area (Å²) in [4.78, 5) is 27.8. The van der Waals surface area contributed by atoms with E-state index in [1.165, 1.54) is 11.1 Å². The van der Waals surface area contributed by atoms with E-state index in [0.717, 1.165) is 12.0 Å². The predicted molar refractivity (Wildman–Crippen MR) is 139 cm³/mol. The van der Waals surface area contributed by atoms with Crippen LogP contribution in [-0.2, 0) is 6.42 Å². The van der Waals surface area contributed by atoms with E-state index in [-0.39, 0.29) is 18.0 Å². The molecule has 2 atom stereocenters. The molecule has 3 aromatic carbocycles. The Morgan fingerprint density at radius 1 is 1.17 bits per heavy atom. The lowest BCUT2D eigenvalue weighted by Crippen LogP contribution is -2.65. The monoisotopic (exact) mass is 485 g/mol. The van der Waals surface area contributed by atoms with Crippen LogP contribution in [0, 0.1) is 6.92 Å². The van der Waals surface area contributed by atoms with Gasteiger partial charge in [-0.15, -0.1) is 0 Å². The average molecular weight is 486 g/mol. The average Bonchev–Trinajstić information content (AvgIpc) is 2.85. The van der Waals surface area contributed by atoms with Crippen LogP contribution in [0.4, 0.5) is 10.5 Å². The second-order valence-corrected chi connectivity index (χ2v) is 9.47. The Morgan fingerprint density at radius 2 is 1.94 bits per heavy atom. The molecule has 3 amide bonds. The summed E-state index contributed by atoms with van der Waals surface area (Å²) in [5.41, 5.74) is 3.43. The van der Waals surface area contributed by atoms with Crippen molar-refractivity contribution >= 4 is 17.6 Å². The standard InChI is InChI=1S/C29H31N3O4/c1-4-35-25-10-6-9-23-24-18-29(3,36-26(23)25)32(28(34)31-24)22-8-5-7-21(17-22)27(33)30-16-15-20-13-11-19(2)12-14-20/h5-14,17,24H,4,15-16,18H2,1-3H3,(H,30,33)(H,31,34). The lowest BCUT2D eigenvalue weighted by molar-refractivity contribution is 0.0343. The third-order valence-corrected chi connectivity index (χ3v) is 6.75. The summed E-state index contributed by atoms with van der Waals surface area (Å²) >= 11 is 0. The molecule has 1 fully saturated rings. The molecule has 7 nitrogen and oxygen atoms in total. The number of nitrogens with zero attached hydrogens (tertiary/aromatic N) is 1. The van der Waals surface area contributed by atoms with Gasteiger partial charge in [-0.2, -0.15) is 0 Å². The molecule has 3 aromatic rings. The van der Waals surface area contributed by atoms with Crippen molar-refractivity contribution in [1.29, 1.82) is 0 Å². The minimum absolute atomic E-state index is 0.182. The molecule has 2 unspecified atom stereocenters. The van der Waals surface area contributed by atoms with Crippen molar-refractivity contribution in [1.82, 2.24) is 10.6 Å². The number of para-hydroxylation sites is 1. The van der Waals surface area contributed by atoms with Gasteiger partial charge in [0.25, 0.3) is 5.91 Å². The summed E-state index contributed by atoms with van der Waals surface area (Å²) in [7, 11) is 0. The molecule has 2 aliphatic heterocycles. The minimum Gasteiger partial charge on any atom is -0.490 e. The molecule has 2 aliphatic rings. The Balaban J connectivity index is 1.35. The molecule has 2 heterocycles. The van der Waals surface area contributed by atoms with Crippen LogP contribution in [0.25, 0.3) is 0 Å². The number of aryl methyl sites for hydroxylation is 1. The first kappa shape index (κ1) is 23.7. The molecule has 2 N–H and O–H groups in total. The van der Waals surface area contributed by atoms with Crippen LogP contribution in [-0.4, -0.2) is 30.8 Å². The third kappa shape index (κ3) is 4.49. The summed E-state index contributed by atoms with van der Waals surface area (Å²) in [6.45, 7) is 6.92. The zero-order chi connectivity index (χ0) is 25.3. The number of hydrogen-bond acceptors (Lipinski definition) is 4. The van der Waals surface area contributed by atoms with Gasteiger partial charge in [-0.3, -0.25) is 9.69 Å². The molecule has 7 heteroatoms. The van der Waals surface area contributed by atoms with Crippen molar-refractivity contribution in [3.63, 3.8) is 0 Å². The molecule has 186 valence electrons. The van der Waals surface area contributed by atoms with Gasteiger partial charge < -0.3 is 20.1 Å². The number of urea groups is 1. The third-order valence-electron chi connectivity index (χ3n) is 6.75. The number of carbonyl (C=O) groups is 2. The van der Waals surface area contributed by atoms with Gasteiger partial charge in [0.05, 0.1) is 18.3 Å². The lowest BCUT2D eigenvalue weighted by Gasteiger charge is -2.50. The van der Waals surface area contributed by atoms with Gasteiger partial charge in [0.15, 0.2) is 17.2 Å². The van der Waals surface area contributed by atoms with Crippen molar-refractivity contribution in [2.24, 2.45) is 0 Å². The van der Waals surface area contributed by atoms with Crippen molar-refractivity contribution < 1.29 is 19.1 Å². The molecule has 0 saturated carbocycles. The highest BCUT2D eigenvalue weighted by Gasteiger charge is 2.50. The smallest absolute Gasteiger partial charge is 0.325 e. The number of carbonyl (C=O) groups excluding carboxylic acids is 2. The summed E-state index contributed by atoms with van der Waals surface area (Å²) in [5.74, 6) is 1.12. The zero-order valence-electron chi connectivity index (χ0n) is 20.8. The summed E-state index contributed by atoms with van der Waals surface area (Å²) in [6, 6.07) is 20.7. The quantitative estimate of drug-likeness (QED) is 0.486. The number of fused-ring (bicyclic) bond motifs is 4. The van der Waals surface area contributed by atoms with Gasteiger partial charge in [-0.05, 0) is 57.0 Å². The van der Waals surface area contributed by atoms with Crippen LogP contribution in [0.5, 0.6) is 11.5 Å². The number of rotatable bonds is 7. The maximum atomic E-state index is 13.3. The first-order chi connectivity index (χ1) is 17.4. The normalized spacial score (nSPS) is 20.1. The summed E-state index contributed by atoms with van der Waals surface area (Å²) in [5, 5.41) is 6.09. The molecule has 0 radical (unpaired) electrons. The largest absolute Gasteiger partial charge is 0.490 e. The Morgan fingerprint density at radius 3 is 2.72 bits per heavy atom. The lowest BCUT2D eigenvalue weighted by atomic mass is 9.89. The van der Waals surface area contributed by atoms with E-state index in [0.29, 0.717) is 42.3 Å². The Bertz CT molecular complexity index is 1290. The number of anilines is 1. The van der Waals surface area contributed by atoms with Crippen molar-refractivity contribution in [3.05, 3.63) is 89.0 Å². The molecule has 0 aromatic heterocycles. The van der Waals surface area contributed by atoms with Gasteiger partial charge in [0.2, 0.25) is 0 Å². The highest BCUT2D eigenvalue weighted by Crippen LogP contribution is 2.49. The first-order valence-corrected chi connectivity index (χ1v) is 12.4. The first-order valence-electron chi connectivity index (χ1n) is 12.4. The van der Waals surface area contributed by atoms with Crippen LogP contribution < -0.4 is 25.0 Å². The van der Waals surface area contributed by atoms with E-state index in [1.807, 2.05) is 38.1 Å².